The molecule has 0 saturated carbocycles. The van der Waals surface area contributed by atoms with E-state index in [1.54, 1.807) is 32.6 Å². The van der Waals surface area contributed by atoms with E-state index in [9.17, 15) is 0 Å². The second-order valence-corrected chi connectivity index (χ2v) is 8.10. The molecule has 3 rings (SSSR count). The van der Waals surface area contributed by atoms with Crippen LogP contribution in [0.1, 0.15) is 22.0 Å². The van der Waals surface area contributed by atoms with Gasteiger partial charge in [-0.15, -0.1) is 11.3 Å². The molecule has 0 radical (unpaired) electrons. The molecule has 7 nitrogen and oxygen atoms in total. The van der Waals surface area contributed by atoms with Gasteiger partial charge in [0.05, 0.1) is 31.5 Å². The zero-order valence-corrected chi connectivity index (χ0v) is 18.0. The smallest absolute Gasteiger partial charge is 0.191 e. The van der Waals surface area contributed by atoms with E-state index in [-0.39, 0.29) is 0 Å². The minimum absolute atomic E-state index is 0.327. The number of aliphatic imine (C=N–C) groups is 1. The minimum Gasteiger partial charge on any atom is -0.497 e. The highest BCUT2D eigenvalue weighted by atomic mass is 32.1. The van der Waals surface area contributed by atoms with Crippen LogP contribution < -0.4 is 25.0 Å². The number of methoxy groups -OCH3 is 2. The molecule has 1 aromatic heterocycles. The van der Waals surface area contributed by atoms with Crippen LogP contribution in [-0.4, -0.2) is 51.3 Å². The van der Waals surface area contributed by atoms with Crippen molar-refractivity contribution in [1.29, 1.82) is 0 Å². The Kier molecular flexibility index (Phi) is 6.61. The fourth-order valence-electron chi connectivity index (χ4n) is 3.38. The molecule has 0 aliphatic carbocycles. The monoisotopic (exact) mass is 403 g/mol. The zero-order chi connectivity index (χ0) is 20.1. The van der Waals surface area contributed by atoms with Crippen LogP contribution >= 0.6 is 11.3 Å². The highest BCUT2D eigenvalue weighted by Crippen LogP contribution is 2.30. The molecule has 0 amide bonds. The van der Waals surface area contributed by atoms with Gasteiger partial charge in [-0.05, 0) is 20.3 Å². The first-order valence-corrected chi connectivity index (χ1v) is 10.2. The molecule has 0 bridgehead atoms. The first-order chi connectivity index (χ1) is 13.5. The lowest BCUT2D eigenvalue weighted by Crippen LogP contribution is -2.44. The van der Waals surface area contributed by atoms with Gasteiger partial charge in [-0.2, -0.15) is 0 Å². The van der Waals surface area contributed by atoms with E-state index in [4.69, 9.17) is 9.47 Å². The molecule has 1 aliphatic heterocycles. The molecule has 0 spiro atoms. The molecule has 152 valence electrons. The Morgan fingerprint density at radius 2 is 1.96 bits per heavy atom. The van der Waals surface area contributed by atoms with Gasteiger partial charge in [0.2, 0.25) is 0 Å². The summed E-state index contributed by atoms with van der Waals surface area (Å²) in [6, 6.07) is 6.32. The number of anilines is 1. The van der Waals surface area contributed by atoms with Crippen molar-refractivity contribution in [1.82, 2.24) is 15.6 Å². The standard InChI is InChI=1S/C20H29N5O2S/c1-13-19(28-14(2)23-13)11-22-20(21-3)24-15-6-7-25(12-15)16-8-17(26-4)10-18(9-16)27-5/h8-10,15H,6-7,11-12H2,1-5H3,(H2,21,22,24). The fraction of sp³-hybridized carbons (Fsp3) is 0.500. The molecular formula is C20H29N5O2S. The van der Waals surface area contributed by atoms with Gasteiger partial charge in [0.25, 0.3) is 0 Å². The summed E-state index contributed by atoms with van der Waals surface area (Å²) in [7, 11) is 5.16. The van der Waals surface area contributed by atoms with Crippen LogP contribution in [0.15, 0.2) is 23.2 Å². The molecule has 1 aromatic carbocycles. The van der Waals surface area contributed by atoms with Crippen LogP contribution in [0.5, 0.6) is 11.5 Å². The number of guanidine groups is 1. The van der Waals surface area contributed by atoms with Gasteiger partial charge in [0, 0.05) is 54.9 Å². The highest BCUT2D eigenvalue weighted by molar-refractivity contribution is 7.11. The van der Waals surface area contributed by atoms with Crippen molar-refractivity contribution in [2.24, 2.45) is 4.99 Å². The Bertz CT molecular complexity index is 814. The molecule has 1 fully saturated rings. The number of nitrogens with one attached hydrogen (secondary N) is 2. The van der Waals surface area contributed by atoms with Crippen LogP contribution in [0.2, 0.25) is 0 Å². The van der Waals surface area contributed by atoms with Crippen LogP contribution in [0, 0.1) is 13.8 Å². The first kappa shape index (κ1) is 20.3. The van der Waals surface area contributed by atoms with Crippen molar-refractivity contribution in [2.75, 3.05) is 39.3 Å². The predicted molar refractivity (Wildman–Crippen MR) is 115 cm³/mol. The number of thiazole rings is 1. The van der Waals surface area contributed by atoms with Gasteiger partial charge in [-0.1, -0.05) is 0 Å². The molecule has 2 N–H and O–H groups in total. The molecule has 1 aliphatic rings. The summed E-state index contributed by atoms with van der Waals surface area (Å²) in [5.74, 6) is 2.43. The fourth-order valence-corrected chi connectivity index (χ4v) is 4.25. The van der Waals surface area contributed by atoms with Gasteiger partial charge in [0.1, 0.15) is 11.5 Å². The molecule has 28 heavy (non-hydrogen) atoms. The minimum atomic E-state index is 0.327. The maximum atomic E-state index is 5.40. The number of benzene rings is 1. The normalized spacial score (nSPS) is 17.0. The number of rotatable bonds is 6. The molecule has 1 unspecified atom stereocenters. The van der Waals surface area contributed by atoms with E-state index in [1.807, 2.05) is 32.0 Å². The third-order valence-electron chi connectivity index (χ3n) is 4.87. The Morgan fingerprint density at radius 3 is 2.54 bits per heavy atom. The van der Waals surface area contributed by atoms with E-state index in [2.05, 4.69) is 25.5 Å². The Morgan fingerprint density at radius 1 is 1.25 bits per heavy atom. The zero-order valence-electron chi connectivity index (χ0n) is 17.2. The second kappa shape index (κ2) is 9.14. The molecular weight excluding hydrogens is 374 g/mol. The Hall–Kier alpha value is -2.48. The lowest BCUT2D eigenvalue weighted by atomic mass is 10.2. The summed E-state index contributed by atoms with van der Waals surface area (Å²) >= 11 is 1.73. The molecule has 1 saturated heterocycles. The Balaban J connectivity index is 1.58. The molecule has 8 heteroatoms. The van der Waals surface area contributed by atoms with E-state index in [0.717, 1.165) is 59.9 Å². The van der Waals surface area contributed by atoms with E-state index < -0.39 is 0 Å². The largest absolute Gasteiger partial charge is 0.497 e. The van der Waals surface area contributed by atoms with E-state index in [1.165, 1.54) is 4.88 Å². The van der Waals surface area contributed by atoms with Gasteiger partial charge < -0.3 is 25.0 Å². The second-order valence-electron chi connectivity index (χ2n) is 6.81. The van der Waals surface area contributed by atoms with Gasteiger partial charge in [-0.3, -0.25) is 4.99 Å². The van der Waals surface area contributed by atoms with Crippen molar-refractivity contribution in [3.05, 3.63) is 33.8 Å². The highest BCUT2D eigenvalue weighted by Gasteiger charge is 2.24. The Labute approximate surface area is 170 Å². The predicted octanol–water partition coefficient (Wildman–Crippen LogP) is 2.72. The van der Waals surface area contributed by atoms with Crippen molar-refractivity contribution in [3.63, 3.8) is 0 Å². The average Bonchev–Trinajstić information content (AvgIpc) is 3.30. The molecule has 1 atom stereocenters. The lowest BCUT2D eigenvalue weighted by Gasteiger charge is -2.21. The number of nitrogens with zero attached hydrogens (tertiary/aromatic N) is 3. The molecule has 2 heterocycles. The summed E-state index contributed by atoms with van der Waals surface area (Å²) in [4.78, 5) is 12.4. The summed E-state index contributed by atoms with van der Waals surface area (Å²) in [5, 5.41) is 8.04. The van der Waals surface area contributed by atoms with Crippen LogP contribution in [0.3, 0.4) is 0 Å². The van der Waals surface area contributed by atoms with Crippen molar-refractivity contribution in [2.45, 2.75) is 32.9 Å². The summed E-state index contributed by atoms with van der Waals surface area (Å²) in [5.41, 5.74) is 2.20. The quantitative estimate of drug-likeness (QED) is 0.571. The number of ether oxygens (including phenoxy) is 2. The van der Waals surface area contributed by atoms with Crippen LogP contribution in [0.25, 0.3) is 0 Å². The SMILES string of the molecule is CN=C(NCc1sc(C)nc1C)NC1CCN(c2cc(OC)cc(OC)c2)C1. The third kappa shape index (κ3) is 4.86. The van der Waals surface area contributed by atoms with E-state index in [0.29, 0.717) is 6.04 Å². The lowest BCUT2D eigenvalue weighted by molar-refractivity contribution is 0.394. The summed E-state index contributed by atoms with van der Waals surface area (Å²) < 4.78 is 10.8. The van der Waals surface area contributed by atoms with Crippen LogP contribution in [0.4, 0.5) is 5.69 Å². The first-order valence-electron chi connectivity index (χ1n) is 9.40. The maximum absolute atomic E-state index is 5.40. The average molecular weight is 404 g/mol. The van der Waals surface area contributed by atoms with Crippen LogP contribution in [-0.2, 0) is 6.54 Å². The van der Waals surface area contributed by atoms with Crippen molar-refractivity contribution < 1.29 is 9.47 Å². The van der Waals surface area contributed by atoms with E-state index >= 15 is 0 Å². The summed E-state index contributed by atoms with van der Waals surface area (Å²) in [6.45, 7) is 6.69. The third-order valence-corrected chi connectivity index (χ3v) is 5.94. The maximum Gasteiger partial charge on any atom is 0.191 e. The number of hydrogen-bond donors (Lipinski definition) is 2. The van der Waals surface area contributed by atoms with Gasteiger partial charge >= 0.3 is 0 Å². The van der Waals surface area contributed by atoms with Gasteiger partial charge in [0.15, 0.2) is 5.96 Å². The van der Waals surface area contributed by atoms with Crippen molar-refractivity contribution >= 4 is 23.0 Å². The number of aromatic nitrogens is 1. The van der Waals surface area contributed by atoms with Gasteiger partial charge in [-0.25, -0.2) is 4.98 Å². The topological polar surface area (TPSA) is 71.0 Å². The van der Waals surface area contributed by atoms with Crippen molar-refractivity contribution in [3.8, 4) is 11.5 Å². The molecule has 2 aromatic rings. The summed E-state index contributed by atoms with van der Waals surface area (Å²) in [6.07, 6.45) is 1.04. The number of aryl methyl sites for hydroxylation is 2. The number of hydrogen-bond acceptors (Lipinski definition) is 6.